The number of carbonyl (C=O) groups excluding carboxylic acids is 2. The molecule has 5 nitrogen and oxygen atoms in total. The highest BCUT2D eigenvalue weighted by molar-refractivity contribution is 6.09. The van der Waals surface area contributed by atoms with Gasteiger partial charge in [0.05, 0.1) is 6.61 Å². The molecule has 156 valence electrons. The summed E-state index contributed by atoms with van der Waals surface area (Å²) in [5.74, 6) is -0.217. The Labute approximate surface area is 175 Å². The zero-order valence-corrected chi connectivity index (χ0v) is 17.3. The Morgan fingerprint density at radius 3 is 2.17 bits per heavy atom. The van der Waals surface area contributed by atoms with Crippen LogP contribution in [0, 0.1) is 19.7 Å². The summed E-state index contributed by atoms with van der Waals surface area (Å²) in [6.07, 6.45) is 0. The molecule has 0 saturated carbocycles. The molecule has 0 spiro atoms. The number of aromatic nitrogens is 1. The van der Waals surface area contributed by atoms with Gasteiger partial charge in [-0.05, 0) is 68.4 Å². The Bertz CT molecular complexity index is 1040. The molecule has 6 heteroatoms. The number of aryl methyl sites for hydroxylation is 1. The number of nitrogens with zero attached hydrogens (tertiary/aromatic N) is 1. The Kier molecular flexibility index (Phi) is 6.79. The number of halogens is 1. The van der Waals surface area contributed by atoms with Gasteiger partial charge in [0.1, 0.15) is 11.6 Å². The summed E-state index contributed by atoms with van der Waals surface area (Å²) in [7, 11) is 1.65. The van der Waals surface area contributed by atoms with Crippen molar-refractivity contribution in [1.29, 1.82) is 0 Å². The van der Waals surface area contributed by atoms with Crippen molar-refractivity contribution in [3.8, 4) is 5.75 Å². The van der Waals surface area contributed by atoms with Crippen molar-refractivity contribution in [3.05, 3.63) is 88.5 Å². The van der Waals surface area contributed by atoms with Gasteiger partial charge in [0.15, 0.2) is 12.4 Å². The minimum Gasteiger partial charge on any atom is -0.485 e. The van der Waals surface area contributed by atoms with Gasteiger partial charge in [0, 0.05) is 41.7 Å². The van der Waals surface area contributed by atoms with Gasteiger partial charge >= 0.3 is 0 Å². The van der Waals surface area contributed by atoms with Gasteiger partial charge in [-0.2, -0.15) is 0 Å². The van der Waals surface area contributed by atoms with Crippen molar-refractivity contribution in [1.82, 2.24) is 4.57 Å². The van der Waals surface area contributed by atoms with Gasteiger partial charge in [0.2, 0.25) is 5.78 Å². The number of hydrogen-bond donors (Lipinski definition) is 0. The molecule has 3 rings (SSSR count). The van der Waals surface area contributed by atoms with Crippen LogP contribution >= 0.6 is 0 Å². The van der Waals surface area contributed by atoms with Crippen LogP contribution < -0.4 is 4.74 Å². The molecule has 0 aliphatic rings. The quantitative estimate of drug-likeness (QED) is 0.492. The van der Waals surface area contributed by atoms with Crippen LogP contribution in [-0.2, 0) is 11.3 Å². The molecule has 0 aliphatic heterocycles. The first kappa shape index (κ1) is 21.5. The van der Waals surface area contributed by atoms with Gasteiger partial charge < -0.3 is 14.0 Å². The minimum absolute atomic E-state index is 0.0974. The van der Waals surface area contributed by atoms with Gasteiger partial charge in [-0.15, -0.1) is 0 Å². The van der Waals surface area contributed by atoms with E-state index in [9.17, 15) is 14.0 Å². The third-order valence-electron chi connectivity index (χ3n) is 4.99. The molecule has 0 N–H and O–H groups in total. The molecular formula is C24H24FNO4. The second-order valence-corrected chi connectivity index (χ2v) is 7.00. The van der Waals surface area contributed by atoms with E-state index in [4.69, 9.17) is 9.47 Å². The molecule has 0 radical (unpaired) electrons. The predicted molar refractivity (Wildman–Crippen MR) is 112 cm³/mol. The molecule has 1 aromatic heterocycles. The molecule has 0 unspecified atom stereocenters. The van der Waals surface area contributed by atoms with E-state index in [1.165, 1.54) is 24.3 Å². The fourth-order valence-electron chi connectivity index (χ4n) is 3.31. The topological polar surface area (TPSA) is 57.5 Å². The third-order valence-corrected chi connectivity index (χ3v) is 4.99. The van der Waals surface area contributed by atoms with Crippen LogP contribution in [0.15, 0.2) is 54.6 Å². The van der Waals surface area contributed by atoms with Crippen LogP contribution in [0.3, 0.4) is 0 Å². The lowest BCUT2D eigenvalue weighted by Crippen LogP contribution is -2.14. The van der Waals surface area contributed by atoms with E-state index >= 15 is 0 Å². The zero-order chi connectivity index (χ0) is 21.7. The molecule has 0 fully saturated rings. The molecule has 0 aliphatic carbocycles. The molecule has 30 heavy (non-hydrogen) atoms. The highest BCUT2D eigenvalue weighted by Gasteiger charge is 2.16. The predicted octanol–water partition coefficient (Wildman–Crippen LogP) is 4.38. The van der Waals surface area contributed by atoms with E-state index in [-0.39, 0.29) is 24.0 Å². The third kappa shape index (κ3) is 4.83. The maximum atomic E-state index is 13.0. The molecule has 1 heterocycles. The SMILES string of the molecule is COCCn1c(C)cc(C(=O)COc2ccc(C(=O)c3ccc(F)cc3)cc2)c1C. The van der Waals surface area contributed by atoms with Gasteiger partial charge in [-0.3, -0.25) is 9.59 Å². The number of carbonyl (C=O) groups is 2. The second kappa shape index (κ2) is 9.50. The molecule has 0 atom stereocenters. The van der Waals surface area contributed by atoms with Crippen molar-refractivity contribution < 1.29 is 23.5 Å². The van der Waals surface area contributed by atoms with Crippen molar-refractivity contribution >= 4 is 11.6 Å². The van der Waals surface area contributed by atoms with Crippen LogP contribution in [0.1, 0.15) is 37.7 Å². The Balaban J connectivity index is 1.63. The van der Waals surface area contributed by atoms with Crippen molar-refractivity contribution in [2.24, 2.45) is 0 Å². The van der Waals surface area contributed by atoms with Crippen molar-refractivity contribution in [2.75, 3.05) is 20.3 Å². The highest BCUT2D eigenvalue weighted by Crippen LogP contribution is 2.19. The first-order chi connectivity index (χ1) is 14.4. The smallest absolute Gasteiger partial charge is 0.202 e. The van der Waals surface area contributed by atoms with E-state index in [0.29, 0.717) is 35.6 Å². The Morgan fingerprint density at radius 2 is 1.57 bits per heavy atom. The van der Waals surface area contributed by atoms with Gasteiger partial charge in [-0.25, -0.2) is 4.39 Å². The highest BCUT2D eigenvalue weighted by atomic mass is 19.1. The summed E-state index contributed by atoms with van der Waals surface area (Å²) in [6, 6.07) is 13.8. The van der Waals surface area contributed by atoms with Gasteiger partial charge in [0.25, 0.3) is 0 Å². The lowest BCUT2D eigenvalue weighted by atomic mass is 10.0. The van der Waals surface area contributed by atoms with Gasteiger partial charge in [-0.1, -0.05) is 0 Å². The summed E-state index contributed by atoms with van der Waals surface area (Å²) < 4.78 is 25.8. The fraction of sp³-hybridized carbons (Fsp3) is 0.250. The lowest BCUT2D eigenvalue weighted by Gasteiger charge is -2.09. The molecule has 0 saturated heterocycles. The van der Waals surface area contributed by atoms with Crippen LogP contribution in [-0.4, -0.2) is 36.5 Å². The first-order valence-corrected chi connectivity index (χ1v) is 9.62. The van der Waals surface area contributed by atoms with E-state index in [2.05, 4.69) is 0 Å². The van der Waals surface area contributed by atoms with Crippen molar-refractivity contribution in [2.45, 2.75) is 20.4 Å². The first-order valence-electron chi connectivity index (χ1n) is 9.62. The number of ether oxygens (including phenoxy) is 2. The zero-order valence-electron chi connectivity index (χ0n) is 17.3. The summed E-state index contributed by atoms with van der Waals surface area (Å²) >= 11 is 0. The van der Waals surface area contributed by atoms with E-state index in [1.807, 2.05) is 24.5 Å². The molecule has 0 bridgehead atoms. The number of ketones is 2. The molecule has 3 aromatic rings. The Morgan fingerprint density at radius 1 is 0.967 bits per heavy atom. The number of rotatable bonds is 9. The molecular weight excluding hydrogens is 385 g/mol. The van der Waals surface area contributed by atoms with Crippen LogP contribution in [0.4, 0.5) is 4.39 Å². The van der Waals surface area contributed by atoms with Crippen molar-refractivity contribution in [3.63, 3.8) is 0 Å². The van der Waals surface area contributed by atoms with Crippen LogP contribution in [0.2, 0.25) is 0 Å². The van der Waals surface area contributed by atoms with Crippen LogP contribution in [0.25, 0.3) is 0 Å². The fourth-order valence-corrected chi connectivity index (χ4v) is 3.31. The summed E-state index contributed by atoms with van der Waals surface area (Å²) in [4.78, 5) is 25.0. The average Bonchev–Trinajstić information content (AvgIpc) is 3.04. The maximum Gasteiger partial charge on any atom is 0.202 e. The molecule has 0 amide bonds. The van der Waals surface area contributed by atoms with Crippen LogP contribution in [0.5, 0.6) is 5.75 Å². The maximum absolute atomic E-state index is 13.0. The normalized spacial score (nSPS) is 10.8. The monoisotopic (exact) mass is 409 g/mol. The summed E-state index contributed by atoms with van der Waals surface area (Å²) in [5.41, 5.74) is 3.38. The second-order valence-electron chi connectivity index (χ2n) is 7.00. The molecule has 2 aromatic carbocycles. The van der Waals surface area contributed by atoms with E-state index in [0.717, 1.165) is 11.4 Å². The lowest BCUT2D eigenvalue weighted by molar-refractivity contribution is 0.0919. The summed E-state index contributed by atoms with van der Waals surface area (Å²) in [5, 5.41) is 0. The minimum atomic E-state index is -0.389. The van der Waals surface area contributed by atoms with E-state index < -0.39 is 0 Å². The number of hydrogen-bond acceptors (Lipinski definition) is 4. The average molecular weight is 409 g/mol. The Hall–Kier alpha value is -3.25. The standard InChI is InChI=1S/C24H24FNO4/c1-16-14-22(17(2)26(16)12-13-29-3)23(27)15-30-21-10-6-19(7-11-21)24(28)18-4-8-20(25)9-5-18/h4-11,14H,12-13,15H2,1-3H3. The number of methoxy groups -OCH3 is 1. The summed E-state index contributed by atoms with van der Waals surface area (Å²) in [6.45, 7) is 5.03. The number of benzene rings is 2. The largest absolute Gasteiger partial charge is 0.485 e. The van der Waals surface area contributed by atoms with E-state index in [1.54, 1.807) is 31.4 Å². The number of Topliss-reactive ketones (excluding diaryl/α,β-unsaturated/α-hetero) is 1.